The molecular weight excluding hydrogens is 701 g/mol. The molecule has 1 unspecified atom stereocenters. The quantitative estimate of drug-likeness (QED) is 0.0378. The summed E-state index contributed by atoms with van der Waals surface area (Å²) in [4.78, 5) is 12.3. The minimum atomic E-state index is -0.533. The molecule has 4 heteroatoms. The molecule has 0 aliphatic carbocycles. The maximum absolute atomic E-state index is 12.3. The Morgan fingerprint density at radius 2 is 0.737 bits per heavy atom. The van der Waals surface area contributed by atoms with Crippen LogP contribution >= 0.6 is 0 Å². The number of allylic oxidation sites excluding steroid dienone is 4. The Labute approximate surface area is 358 Å². The highest BCUT2D eigenvalue weighted by molar-refractivity contribution is 5.69. The molecule has 0 aromatic rings. The molecule has 0 aliphatic rings. The first-order valence-corrected chi connectivity index (χ1v) is 25.9. The molecule has 0 aliphatic heterocycles. The van der Waals surface area contributed by atoms with Crippen molar-refractivity contribution in [3.05, 3.63) is 24.3 Å². The van der Waals surface area contributed by atoms with Crippen molar-refractivity contribution in [2.45, 2.75) is 290 Å². The summed E-state index contributed by atoms with van der Waals surface area (Å²) in [6.45, 7) is 5.39. The molecule has 0 heterocycles. The lowest BCUT2D eigenvalue weighted by molar-refractivity contribution is -0.154. The number of carbonyl (C=O) groups excluding carboxylic acids is 1. The van der Waals surface area contributed by atoms with Crippen LogP contribution in [0.5, 0.6) is 0 Å². The number of rotatable bonds is 49. The van der Waals surface area contributed by atoms with Crippen molar-refractivity contribution in [1.29, 1.82) is 0 Å². The molecule has 0 saturated carbocycles. The number of hydrogen-bond donors (Lipinski definition) is 1. The first-order chi connectivity index (χ1) is 28.2. The fraction of sp³-hybridized carbons (Fsp3) is 0.906. The topological polar surface area (TPSA) is 55.8 Å². The second kappa shape index (κ2) is 51.0. The summed E-state index contributed by atoms with van der Waals surface area (Å²) in [7, 11) is 0. The van der Waals surface area contributed by atoms with Crippen LogP contribution in [-0.2, 0) is 14.3 Å². The van der Waals surface area contributed by atoms with Gasteiger partial charge in [0.15, 0.2) is 0 Å². The Kier molecular flexibility index (Phi) is 50.0. The number of hydrogen-bond acceptors (Lipinski definition) is 4. The zero-order chi connectivity index (χ0) is 41.2. The van der Waals surface area contributed by atoms with Crippen molar-refractivity contribution < 1.29 is 19.4 Å². The fourth-order valence-electron chi connectivity index (χ4n) is 7.89. The molecule has 0 amide bonds. The van der Waals surface area contributed by atoms with Crippen molar-refractivity contribution >= 4 is 5.97 Å². The minimum Gasteiger partial charge on any atom is -0.457 e. The lowest BCUT2D eigenvalue weighted by Gasteiger charge is -2.16. The van der Waals surface area contributed by atoms with Crippen molar-refractivity contribution in [1.82, 2.24) is 0 Å². The molecular formula is C53H102O4. The smallest absolute Gasteiger partial charge is 0.306 e. The van der Waals surface area contributed by atoms with Gasteiger partial charge in [0.1, 0.15) is 6.10 Å². The Balaban J connectivity index is 3.36. The number of ether oxygens (including phenoxy) is 2. The lowest BCUT2D eigenvalue weighted by Crippen LogP contribution is -2.27. The molecule has 4 nitrogen and oxygen atoms in total. The van der Waals surface area contributed by atoms with Gasteiger partial charge in [-0.15, -0.1) is 0 Å². The van der Waals surface area contributed by atoms with Crippen LogP contribution in [0.3, 0.4) is 0 Å². The summed E-state index contributed by atoms with van der Waals surface area (Å²) in [6, 6.07) is 0. The van der Waals surface area contributed by atoms with Crippen LogP contribution in [0.15, 0.2) is 24.3 Å². The Morgan fingerprint density at radius 3 is 1.09 bits per heavy atom. The Bertz CT molecular complexity index is 807. The molecule has 0 radical (unpaired) electrons. The summed E-state index contributed by atoms with van der Waals surface area (Å²) in [5.74, 6) is -0.199. The lowest BCUT2D eigenvalue weighted by atomic mass is 10.0. The Hall–Kier alpha value is -1.13. The average Bonchev–Trinajstić information content (AvgIpc) is 3.22. The van der Waals surface area contributed by atoms with Crippen LogP contribution in [-0.4, -0.2) is 37.0 Å². The van der Waals surface area contributed by atoms with Gasteiger partial charge in [0.25, 0.3) is 0 Å². The molecule has 0 saturated heterocycles. The van der Waals surface area contributed by atoms with E-state index in [1.807, 2.05) is 0 Å². The largest absolute Gasteiger partial charge is 0.457 e. The van der Waals surface area contributed by atoms with Crippen LogP contribution in [0.25, 0.3) is 0 Å². The van der Waals surface area contributed by atoms with Crippen LogP contribution in [0.2, 0.25) is 0 Å². The number of aliphatic hydroxyl groups is 1. The van der Waals surface area contributed by atoms with Crippen LogP contribution in [0.1, 0.15) is 284 Å². The summed E-state index contributed by atoms with van der Waals surface area (Å²) in [6.07, 6.45) is 64.2. The SMILES string of the molecule is CCCCCCC/C=C\C/C=C\CCCCCCCCCCCC(=O)OC(CO)COCCCCCCCCCCCCCCCCCCCCCCCCCC. The molecule has 57 heavy (non-hydrogen) atoms. The van der Waals surface area contributed by atoms with E-state index in [4.69, 9.17) is 9.47 Å². The van der Waals surface area contributed by atoms with Gasteiger partial charge in [0.2, 0.25) is 0 Å². The monoisotopic (exact) mass is 803 g/mol. The number of unbranched alkanes of at least 4 members (excludes halogenated alkanes) is 37. The number of aliphatic hydroxyl groups excluding tert-OH is 1. The second-order valence-electron chi connectivity index (χ2n) is 17.6. The molecule has 0 spiro atoms. The van der Waals surface area contributed by atoms with Gasteiger partial charge in [-0.1, -0.05) is 256 Å². The van der Waals surface area contributed by atoms with Crippen LogP contribution in [0, 0.1) is 0 Å². The zero-order valence-corrected chi connectivity index (χ0v) is 38.9. The first-order valence-electron chi connectivity index (χ1n) is 25.9. The molecule has 0 fully saturated rings. The van der Waals surface area contributed by atoms with Crippen molar-refractivity contribution in [3.8, 4) is 0 Å². The molecule has 338 valence electrons. The third kappa shape index (κ3) is 49.1. The standard InChI is InChI=1S/C53H102O4/c1-3-5-7-9-11-13-15-17-19-21-23-25-26-27-29-31-33-35-37-39-41-43-45-47-49-56-51-52(50-54)57-53(55)48-46-44-42-40-38-36-34-32-30-28-24-22-20-18-16-14-12-10-8-6-4-2/h16,18,22,24,52,54H,3-15,17,19-21,23,25-51H2,1-2H3/b18-16-,24-22-. The summed E-state index contributed by atoms with van der Waals surface area (Å²) in [5.41, 5.74) is 0. The molecule has 0 bridgehead atoms. The molecule has 0 rings (SSSR count). The summed E-state index contributed by atoms with van der Waals surface area (Å²) < 4.78 is 11.2. The number of esters is 1. The Morgan fingerprint density at radius 1 is 0.421 bits per heavy atom. The van der Waals surface area contributed by atoms with Gasteiger partial charge in [-0.3, -0.25) is 4.79 Å². The molecule has 0 aromatic carbocycles. The first kappa shape index (κ1) is 55.9. The van der Waals surface area contributed by atoms with Crippen LogP contribution in [0.4, 0.5) is 0 Å². The van der Waals surface area contributed by atoms with Crippen molar-refractivity contribution in [3.63, 3.8) is 0 Å². The van der Waals surface area contributed by atoms with E-state index >= 15 is 0 Å². The van der Waals surface area contributed by atoms with E-state index in [-0.39, 0.29) is 12.6 Å². The highest BCUT2D eigenvalue weighted by Crippen LogP contribution is 2.17. The van der Waals surface area contributed by atoms with Gasteiger partial charge in [0, 0.05) is 13.0 Å². The van der Waals surface area contributed by atoms with E-state index in [0.717, 1.165) is 25.7 Å². The van der Waals surface area contributed by atoms with Gasteiger partial charge >= 0.3 is 5.97 Å². The predicted molar refractivity (Wildman–Crippen MR) is 251 cm³/mol. The van der Waals surface area contributed by atoms with E-state index < -0.39 is 6.10 Å². The van der Waals surface area contributed by atoms with E-state index in [1.165, 1.54) is 238 Å². The van der Waals surface area contributed by atoms with Gasteiger partial charge in [-0.25, -0.2) is 0 Å². The maximum atomic E-state index is 12.3. The third-order valence-electron chi connectivity index (χ3n) is 11.8. The molecule has 0 aromatic heterocycles. The highest BCUT2D eigenvalue weighted by Gasteiger charge is 2.13. The van der Waals surface area contributed by atoms with E-state index in [2.05, 4.69) is 38.2 Å². The van der Waals surface area contributed by atoms with Crippen molar-refractivity contribution in [2.24, 2.45) is 0 Å². The third-order valence-corrected chi connectivity index (χ3v) is 11.8. The summed E-state index contributed by atoms with van der Waals surface area (Å²) >= 11 is 0. The van der Waals surface area contributed by atoms with Gasteiger partial charge in [0.05, 0.1) is 13.2 Å². The van der Waals surface area contributed by atoms with E-state index in [9.17, 15) is 9.90 Å². The maximum Gasteiger partial charge on any atom is 0.306 e. The van der Waals surface area contributed by atoms with Crippen LogP contribution < -0.4 is 0 Å². The fourth-order valence-corrected chi connectivity index (χ4v) is 7.89. The van der Waals surface area contributed by atoms with E-state index in [0.29, 0.717) is 19.6 Å². The number of carbonyl (C=O) groups is 1. The molecule has 1 N–H and O–H groups in total. The summed E-state index contributed by atoms with van der Waals surface area (Å²) in [5, 5.41) is 9.65. The minimum absolute atomic E-state index is 0.169. The zero-order valence-electron chi connectivity index (χ0n) is 38.9. The van der Waals surface area contributed by atoms with Crippen molar-refractivity contribution in [2.75, 3.05) is 19.8 Å². The van der Waals surface area contributed by atoms with Gasteiger partial charge in [-0.2, -0.15) is 0 Å². The second-order valence-corrected chi connectivity index (χ2v) is 17.6. The van der Waals surface area contributed by atoms with E-state index in [1.54, 1.807) is 0 Å². The predicted octanol–water partition coefficient (Wildman–Crippen LogP) is 17.4. The molecule has 1 atom stereocenters. The average molecular weight is 803 g/mol. The normalized spacial score (nSPS) is 12.4. The van der Waals surface area contributed by atoms with Gasteiger partial charge in [-0.05, 0) is 44.9 Å². The van der Waals surface area contributed by atoms with Gasteiger partial charge < -0.3 is 14.6 Å². The highest BCUT2D eigenvalue weighted by atomic mass is 16.6.